The van der Waals surface area contributed by atoms with Gasteiger partial charge in [0.2, 0.25) is 15.9 Å². The lowest BCUT2D eigenvalue weighted by molar-refractivity contribution is -0.120. The molecule has 1 aliphatic rings. The molecule has 2 aromatic rings. The number of nitrogens with one attached hydrogen (secondary N) is 1. The monoisotopic (exact) mass is 385 g/mol. The highest BCUT2D eigenvalue weighted by Gasteiger charge is 2.34. The Labute approximate surface area is 149 Å². The molecular weight excluding hydrogens is 366 g/mol. The smallest absolute Gasteiger partial charge is 0.244 e. The highest BCUT2D eigenvalue weighted by atomic mass is 32.2. The highest BCUT2D eigenvalue weighted by molar-refractivity contribution is 7.98. The fourth-order valence-corrected chi connectivity index (χ4v) is 5.38. The number of sulfonamides is 1. The molecule has 0 spiro atoms. The second-order valence-electron chi connectivity index (χ2n) is 5.73. The molecule has 1 aromatic heterocycles. The first kappa shape index (κ1) is 17.7. The van der Waals surface area contributed by atoms with E-state index >= 15 is 0 Å². The Bertz CT molecular complexity index is 863. The molecule has 0 saturated carbocycles. The zero-order valence-electron chi connectivity index (χ0n) is 13.5. The minimum Gasteiger partial charge on any atom is -0.301 e. The molecule has 1 N–H and O–H groups in total. The van der Waals surface area contributed by atoms with E-state index in [2.05, 4.69) is 10.3 Å². The number of piperidine rings is 1. The summed E-state index contributed by atoms with van der Waals surface area (Å²) in [6.07, 6.45) is 5.34. The topological polar surface area (TPSA) is 79.4 Å². The van der Waals surface area contributed by atoms with Gasteiger partial charge in [-0.2, -0.15) is 4.31 Å². The van der Waals surface area contributed by atoms with Crippen molar-refractivity contribution in [3.05, 3.63) is 18.2 Å². The number of carbonyl (C=O) groups is 1. The van der Waals surface area contributed by atoms with Crippen LogP contribution in [0.25, 0.3) is 10.2 Å². The van der Waals surface area contributed by atoms with Gasteiger partial charge in [-0.1, -0.05) is 17.8 Å². The number of rotatable bonds is 4. The zero-order chi connectivity index (χ0) is 17.3. The maximum absolute atomic E-state index is 12.6. The van der Waals surface area contributed by atoms with Crippen LogP contribution < -0.4 is 5.32 Å². The van der Waals surface area contributed by atoms with Gasteiger partial charge in [0.15, 0.2) is 5.13 Å². The van der Waals surface area contributed by atoms with Gasteiger partial charge in [0.05, 0.1) is 16.5 Å². The standard InChI is InChI=1S/C15H19N3O3S3/c1-22-10-6-7-11-13(9-10)23-15(16-11)17-14(19)12-5-3-4-8-18(12)24(2,20)21/h6-7,9,12H,3-5,8H2,1-2H3,(H,16,17,19). The van der Waals surface area contributed by atoms with Gasteiger partial charge in [0, 0.05) is 11.4 Å². The fraction of sp³-hybridized carbons (Fsp3) is 0.467. The normalized spacial score (nSPS) is 19.5. The van der Waals surface area contributed by atoms with E-state index in [0.717, 1.165) is 34.2 Å². The average Bonchev–Trinajstić information content (AvgIpc) is 2.95. The predicted molar refractivity (Wildman–Crippen MR) is 99.2 cm³/mol. The Morgan fingerprint density at radius 1 is 1.42 bits per heavy atom. The Balaban J connectivity index is 1.80. The molecule has 1 atom stereocenters. The number of thiazole rings is 1. The van der Waals surface area contributed by atoms with E-state index in [1.165, 1.54) is 15.6 Å². The van der Waals surface area contributed by atoms with Crippen LogP contribution in [-0.2, 0) is 14.8 Å². The second kappa shape index (κ2) is 6.99. The van der Waals surface area contributed by atoms with Crippen LogP contribution in [0.1, 0.15) is 19.3 Å². The van der Waals surface area contributed by atoms with Crippen molar-refractivity contribution in [2.75, 3.05) is 24.4 Å². The number of aromatic nitrogens is 1. The third-order valence-electron chi connectivity index (χ3n) is 4.01. The summed E-state index contributed by atoms with van der Waals surface area (Å²) in [7, 11) is -3.39. The first-order valence-electron chi connectivity index (χ1n) is 7.61. The van der Waals surface area contributed by atoms with Crippen LogP contribution in [0.4, 0.5) is 5.13 Å². The lowest BCUT2D eigenvalue weighted by atomic mass is 10.0. The minimum absolute atomic E-state index is 0.302. The number of benzene rings is 1. The summed E-state index contributed by atoms with van der Waals surface area (Å²) in [5.41, 5.74) is 0.830. The fourth-order valence-electron chi connectivity index (χ4n) is 2.84. The molecule has 9 heteroatoms. The van der Waals surface area contributed by atoms with Gasteiger partial charge in [-0.05, 0) is 37.3 Å². The van der Waals surface area contributed by atoms with Crippen LogP contribution in [0.5, 0.6) is 0 Å². The van der Waals surface area contributed by atoms with Crippen LogP contribution in [0, 0.1) is 0 Å². The maximum Gasteiger partial charge on any atom is 0.244 e. The van der Waals surface area contributed by atoms with E-state index in [-0.39, 0.29) is 5.91 Å². The summed E-state index contributed by atoms with van der Waals surface area (Å²) < 4.78 is 26.1. The van der Waals surface area contributed by atoms with Crippen molar-refractivity contribution >= 4 is 54.4 Å². The molecule has 24 heavy (non-hydrogen) atoms. The molecule has 1 saturated heterocycles. The summed E-state index contributed by atoms with van der Waals surface area (Å²) >= 11 is 3.05. The number of nitrogens with zero attached hydrogens (tertiary/aromatic N) is 2. The summed E-state index contributed by atoms with van der Waals surface area (Å²) in [6, 6.07) is 5.31. The first-order valence-corrected chi connectivity index (χ1v) is 11.5. The molecule has 0 radical (unpaired) electrons. The predicted octanol–water partition coefficient (Wildman–Crippen LogP) is 2.77. The number of hydrogen-bond acceptors (Lipinski definition) is 6. The third kappa shape index (κ3) is 3.74. The van der Waals surface area contributed by atoms with Gasteiger partial charge >= 0.3 is 0 Å². The highest BCUT2D eigenvalue weighted by Crippen LogP contribution is 2.30. The van der Waals surface area contributed by atoms with Crippen LogP contribution in [0.15, 0.2) is 23.1 Å². The summed E-state index contributed by atoms with van der Waals surface area (Å²) in [5, 5.41) is 3.30. The lowest BCUT2D eigenvalue weighted by Gasteiger charge is -2.32. The Kier molecular flexibility index (Phi) is 5.14. The summed E-state index contributed by atoms with van der Waals surface area (Å²) in [5.74, 6) is -0.302. The molecule has 1 fully saturated rings. The Morgan fingerprint density at radius 2 is 2.21 bits per heavy atom. The van der Waals surface area contributed by atoms with Gasteiger partial charge in [0.1, 0.15) is 6.04 Å². The molecule has 2 heterocycles. The Morgan fingerprint density at radius 3 is 2.92 bits per heavy atom. The third-order valence-corrected chi connectivity index (χ3v) is 6.96. The van der Waals surface area contributed by atoms with E-state index in [1.54, 1.807) is 11.8 Å². The minimum atomic E-state index is -3.39. The van der Waals surface area contributed by atoms with Gasteiger partial charge in [0.25, 0.3) is 0 Å². The van der Waals surface area contributed by atoms with Gasteiger partial charge < -0.3 is 5.32 Å². The lowest BCUT2D eigenvalue weighted by Crippen LogP contribution is -2.49. The van der Waals surface area contributed by atoms with Crippen molar-refractivity contribution in [2.24, 2.45) is 0 Å². The van der Waals surface area contributed by atoms with E-state index < -0.39 is 16.1 Å². The SMILES string of the molecule is CSc1ccc2nc(NC(=O)C3CCCCN3S(C)(=O)=O)sc2c1. The van der Waals surface area contributed by atoms with Crippen molar-refractivity contribution < 1.29 is 13.2 Å². The number of fused-ring (bicyclic) bond motifs is 1. The quantitative estimate of drug-likeness (QED) is 0.819. The summed E-state index contributed by atoms with van der Waals surface area (Å²) in [4.78, 5) is 18.1. The number of hydrogen-bond donors (Lipinski definition) is 1. The molecule has 3 rings (SSSR count). The molecule has 0 aliphatic carbocycles. The second-order valence-corrected chi connectivity index (χ2v) is 9.57. The Hall–Kier alpha value is -1.16. The van der Waals surface area contributed by atoms with E-state index in [0.29, 0.717) is 18.1 Å². The van der Waals surface area contributed by atoms with Crippen LogP contribution in [0.3, 0.4) is 0 Å². The number of amides is 1. The van der Waals surface area contributed by atoms with E-state index in [1.807, 2.05) is 24.5 Å². The van der Waals surface area contributed by atoms with Crippen LogP contribution in [0.2, 0.25) is 0 Å². The van der Waals surface area contributed by atoms with Crippen molar-refractivity contribution in [1.82, 2.24) is 9.29 Å². The maximum atomic E-state index is 12.6. The van der Waals surface area contributed by atoms with Gasteiger partial charge in [-0.25, -0.2) is 13.4 Å². The van der Waals surface area contributed by atoms with Crippen LogP contribution in [-0.4, -0.2) is 48.7 Å². The number of thioether (sulfide) groups is 1. The van der Waals surface area contributed by atoms with Crippen LogP contribution >= 0.6 is 23.1 Å². The zero-order valence-corrected chi connectivity index (χ0v) is 15.9. The first-order chi connectivity index (χ1) is 11.4. The van der Waals surface area contributed by atoms with Gasteiger partial charge in [-0.3, -0.25) is 4.79 Å². The molecule has 6 nitrogen and oxygen atoms in total. The molecule has 1 amide bonds. The van der Waals surface area contributed by atoms with E-state index in [4.69, 9.17) is 0 Å². The summed E-state index contributed by atoms with van der Waals surface area (Å²) in [6.45, 7) is 0.397. The van der Waals surface area contributed by atoms with Crippen molar-refractivity contribution in [2.45, 2.75) is 30.2 Å². The number of anilines is 1. The molecule has 0 bridgehead atoms. The molecule has 1 aliphatic heterocycles. The van der Waals surface area contributed by atoms with E-state index in [9.17, 15) is 13.2 Å². The van der Waals surface area contributed by atoms with Crippen molar-refractivity contribution in [1.29, 1.82) is 0 Å². The molecule has 130 valence electrons. The number of carbonyl (C=O) groups excluding carboxylic acids is 1. The van der Waals surface area contributed by atoms with Gasteiger partial charge in [-0.15, -0.1) is 11.8 Å². The molecule has 1 aromatic carbocycles. The average molecular weight is 386 g/mol. The van der Waals surface area contributed by atoms with Crippen molar-refractivity contribution in [3.63, 3.8) is 0 Å². The van der Waals surface area contributed by atoms with Crippen molar-refractivity contribution in [3.8, 4) is 0 Å². The molecular formula is C15H19N3O3S3. The molecule has 1 unspecified atom stereocenters. The largest absolute Gasteiger partial charge is 0.301 e.